The second-order valence-electron chi connectivity index (χ2n) is 6.62. The molecule has 4 aromatic rings. The third-order valence-electron chi connectivity index (χ3n) is 4.44. The van der Waals surface area contributed by atoms with E-state index in [9.17, 15) is 4.79 Å². The van der Waals surface area contributed by atoms with Crippen LogP contribution in [0.5, 0.6) is 5.75 Å². The fourth-order valence-electron chi connectivity index (χ4n) is 2.86. The standard InChI is InChI=1S/C21H20N6O2S2/c1-13-7-9-14(10-8-13)16-11-30-20(23-16)24-18(28)12-31-21-26-25-19(27(21)22)15-5-3-4-6-17(15)29-2/h3-11H,12,22H2,1-2H3,(H,23,24,28). The Morgan fingerprint density at radius 1 is 1.19 bits per heavy atom. The van der Waals surface area contributed by atoms with Crippen LogP contribution in [0.3, 0.4) is 0 Å². The molecular weight excluding hydrogens is 432 g/mol. The number of nitrogens with one attached hydrogen (secondary N) is 1. The fourth-order valence-corrected chi connectivity index (χ4v) is 4.25. The van der Waals surface area contributed by atoms with Crippen molar-refractivity contribution in [3.8, 4) is 28.4 Å². The molecule has 8 nitrogen and oxygen atoms in total. The number of aryl methyl sites for hydroxylation is 1. The van der Waals surface area contributed by atoms with Crippen molar-refractivity contribution in [3.05, 3.63) is 59.5 Å². The first-order valence-electron chi connectivity index (χ1n) is 9.34. The minimum atomic E-state index is -0.198. The topological polar surface area (TPSA) is 108 Å². The molecular formula is C21H20N6O2S2. The maximum Gasteiger partial charge on any atom is 0.236 e. The maximum atomic E-state index is 12.4. The first-order chi connectivity index (χ1) is 15.0. The van der Waals surface area contributed by atoms with Crippen LogP contribution in [0.1, 0.15) is 5.56 Å². The normalized spacial score (nSPS) is 10.8. The first-order valence-corrected chi connectivity index (χ1v) is 11.2. The number of thiazole rings is 1. The summed E-state index contributed by atoms with van der Waals surface area (Å²) in [5.74, 6) is 7.18. The van der Waals surface area contributed by atoms with Crippen LogP contribution < -0.4 is 15.9 Å². The van der Waals surface area contributed by atoms with Crippen molar-refractivity contribution in [1.29, 1.82) is 0 Å². The van der Waals surface area contributed by atoms with Crippen LogP contribution in [-0.4, -0.2) is 38.6 Å². The highest BCUT2D eigenvalue weighted by Crippen LogP contribution is 2.29. The lowest BCUT2D eigenvalue weighted by atomic mass is 10.1. The van der Waals surface area contributed by atoms with Crippen molar-refractivity contribution in [2.24, 2.45) is 0 Å². The van der Waals surface area contributed by atoms with Crippen molar-refractivity contribution in [2.75, 3.05) is 24.0 Å². The molecule has 0 atom stereocenters. The number of thioether (sulfide) groups is 1. The number of nitrogen functional groups attached to an aromatic ring is 1. The molecule has 2 aromatic heterocycles. The summed E-state index contributed by atoms with van der Waals surface area (Å²) >= 11 is 2.58. The molecule has 0 saturated heterocycles. The molecule has 0 aliphatic rings. The molecule has 2 heterocycles. The van der Waals surface area contributed by atoms with Gasteiger partial charge in [-0.25, -0.2) is 9.66 Å². The highest BCUT2D eigenvalue weighted by molar-refractivity contribution is 7.99. The van der Waals surface area contributed by atoms with Gasteiger partial charge >= 0.3 is 0 Å². The van der Waals surface area contributed by atoms with Gasteiger partial charge in [-0.05, 0) is 19.1 Å². The van der Waals surface area contributed by atoms with Gasteiger partial charge in [0.15, 0.2) is 11.0 Å². The number of carbonyl (C=O) groups is 1. The number of ether oxygens (including phenoxy) is 1. The SMILES string of the molecule is COc1ccccc1-c1nnc(SCC(=O)Nc2nc(-c3ccc(C)cc3)cs2)n1N. The van der Waals surface area contributed by atoms with Crippen molar-refractivity contribution in [1.82, 2.24) is 19.9 Å². The number of carbonyl (C=O) groups excluding carboxylic acids is 1. The van der Waals surface area contributed by atoms with Gasteiger partial charge in [0.2, 0.25) is 11.1 Å². The van der Waals surface area contributed by atoms with Gasteiger partial charge in [0, 0.05) is 10.9 Å². The number of amides is 1. The molecule has 3 N–H and O–H groups in total. The number of para-hydroxylation sites is 1. The highest BCUT2D eigenvalue weighted by Gasteiger charge is 2.17. The average Bonchev–Trinajstić information content (AvgIpc) is 3.39. The van der Waals surface area contributed by atoms with Gasteiger partial charge in [-0.15, -0.1) is 21.5 Å². The van der Waals surface area contributed by atoms with Crippen LogP contribution in [0.4, 0.5) is 5.13 Å². The summed E-state index contributed by atoms with van der Waals surface area (Å²) in [5, 5.41) is 14.0. The molecule has 0 aliphatic heterocycles. The summed E-state index contributed by atoms with van der Waals surface area (Å²) < 4.78 is 6.71. The van der Waals surface area contributed by atoms with Gasteiger partial charge < -0.3 is 15.9 Å². The average molecular weight is 453 g/mol. The Kier molecular flexibility index (Phi) is 6.19. The van der Waals surface area contributed by atoms with Gasteiger partial charge in [0.25, 0.3) is 0 Å². The second-order valence-corrected chi connectivity index (χ2v) is 8.42. The zero-order chi connectivity index (χ0) is 21.8. The van der Waals surface area contributed by atoms with Crippen LogP contribution in [-0.2, 0) is 4.79 Å². The lowest BCUT2D eigenvalue weighted by Crippen LogP contribution is -2.16. The molecule has 0 radical (unpaired) electrons. The Morgan fingerprint density at radius 3 is 2.74 bits per heavy atom. The van der Waals surface area contributed by atoms with Crippen molar-refractivity contribution in [2.45, 2.75) is 12.1 Å². The number of nitrogens with zero attached hydrogens (tertiary/aromatic N) is 4. The van der Waals surface area contributed by atoms with E-state index in [0.717, 1.165) is 16.8 Å². The van der Waals surface area contributed by atoms with Crippen molar-refractivity contribution in [3.63, 3.8) is 0 Å². The predicted octanol–water partition coefficient (Wildman–Crippen LogP) is 3.83. The Balaban J connectivity index is 1.39. The molecule has 0 aliphatic carbocycles. The highest BCUT2D eigenvalue weighted by atomic mass is 32.2. The molecule has 0 saturated carbocycles. The minimum absolute atomic E-state index is 0.126. The van der Waals surface area contributed by atoms with Crippen LogP contribution >= 0.6 is 23.1 Å². The number of nitrogens with two attached hydrogens (primary N) is 1. The smallest absolute Gasteiger partial charge is 0.236 e. The van der Waals surface area contributed by atoms with E-state index in [2.05, 4.69) is 20.5 Å². The van der Waals surface area contributed by atoms with Crippen LogP contribution in [0.25, 0.3) is 22.6 Å². The van der Waals surface area contributed by atoms with Crippen LogP contribution in [0.15, 0.2) is 59.1 Å². The number of rotatable bonds is 7. The summed E-state index contributed by atoms with van der Waals surface area (Å²) in [6.45, 7) is 2.04. The molecule has 0 bridgehead atoms. The Labute approximate surface area is 187 Å². The maximum absolute atomic E-state index is 12.4. The summed E-state index contributed by atoms with van der Waals surface area (Å²) in [4.78, 5) is 16.9. The Hall–Kier alpha value is -3.37. The van der Waals surface area contributed by atoms with Gasteiger partial charge in [-0.3, -0.25) is 4.79 Å². The summed E-state index contributed by atoms with van der Waals surface area (Å²) in [6.07, 6.45) is 0. The molecule has 0 spiro atoms. The van der Waals surface area contributed by atoms with E-state index in [4.69, 9.17) is 10.6 Å². The number of hydrogen-bond donors (Lipinski definition) is 2. The van der Waals surface area contributed by atoms with E-state index in [1.165, 1.54) is 33.3 Å². The van der Waals surface area contributed by atoms with E-state index in [0.29, 0.717) is 21.9 Å². The number of anilines is 1. The van der Waals surface area contributed by atoms with Crippen molar-refractivity contribution >= 4 is 34.1 Å². The third kappa shape index (κ3) is 4.70. The van der Waals surface area contributed by atoms with E-state index in [1.54, 1.807) is 7.11 Å². The first kappa shape index (κ1) is 20.9. The molecule has 158 valence electrons. The van der Waals surface area contributed by atoms with E-state index < -0.39 is 0 Å². The third-order valence-corrected chi connectivity index (χ3v) is 6.14. The quantitative estimate of drug-likeness (QED) is 0.324. The molecule has 10 heteroatoms. The largest absolute Gasteiger partial charge is 0.496 e. The number of aromatic nitrogens is 4. The van der Waals surface area contributed by atoms with Crippen molar-refractivity contribution < 1.29 is 9.53 Å². The van der Waals surface area contributed by atoms with E-state index in [-0.39, 0.29) is 11.7 Å². The predicted molar refractivity (Wildman–Crippen MR) is 124 cm³/mol. The lowest BCUT2D eigenvalue weighted by Gasteiger charge is -2.07. The second kappa shape index (κ2) is 9.19. The fraction of sp³-hybridized carbons (Fsp3) is 0.143. The molecule has 2 aromatic carbocycles. The van der Waals surface area contributed by atoms with Gasteiger partial charge in [0.05, 0.1) is 24.1 Å². The molecule has 4 rings (SSSR count). The van der Waals surface area contributed by atoms with Gasteiger partial charge in [0.1, 0.15) is 5.75 Å². The molecule has 0 fully saturated rings. The lowest BCUT2D eigenvalue weighted by molar-refractivity contribution is -0.113. The van der Waals surface area contributed by atoms with Gasteiger partial charge in [-0.1, -0.05) is 53.7 Å². The minimum Gasteiger partial charge on any atom is -0.496 e. The zero-order valence-electron chi connectivity index (χ0n) is 16.9. The molecule has 31 heavy (non-hydrogen) atoms. The number of methoxy groups -OCH3 is 1. The summed E-state index contributed by atoms with van der Waals surface area (Å²) in [7, 11) is 1.58. The number of hydrogen-bond acceptors (Lipinski definition) is 8. The van der Waals surface area contributed by atoms with E-state index >= 15 is 0 Å². The molecule has 1 amide bonds. The molecule has 0 unspecified atom stereocenters. The summed E-state index contributed by atoms with van der Waals surface area (Å²) in [5.41, 5.74) is 3.75. The van der Waals surface area contributed by atoms with Gasteiger partial charge in [-0.2, -0.15) is 0 Å². The van der Waals surface area contributed by atoms with E-state index in [1.807, 2.05) is 60.8 Å². The monoisotopic (exact) mass is 452 g/mol. The number of benzene rings is 2. The van der Waals surface area contributed by atoms with Crippen LogP contribution in [0, 0.1) is 6.92 Å². The zero-order valence-corrected chi connectivity index (χ0v) is 18.5. The Morgan fingerprint density at radius 2 is 1.97 bits per heavy atom. The summed E-state index contributed by atoms with van der Waals surface area (Å²) in [6, 6.07) is 15.5. The van der Waals surface area contributed by atoms with Crippen LogP contribution in [0.2, 0.25) is 0 Å². The Bertz CT molecular complexity index is 1200.